The second-order valence-electron chi connectivity index (χ2n) is 4.93. The fourth-order valence-electron chi connectivity index (χ4n) is 1.62. The van der Waals surface area contributed by atoms with E-state index in [1.165, 1.54) is 5.56 Å². The predicted molar refractivity (Wildman–Crippen MR) is 66.4 cm³/mol. The molecule has 2 heteroatoms. The summed E-state index contributed by atoms with van der Waals surface area (Å²) in [6.07, 6.45) is -0.293. The van der Waals surface area contributed by atoms with Crippen molar-refractivity contribution in [3.8, 4) is 0 Å². The van der Waals surface area contributed by atoms with Crippen molar-refractivity contribution in [1.82, 2.24) is 0 Å². The molecular formula is C14H22O2. The van der Waals surface area contributed by atoms with Crippen LogP contribution in [0.2, 0.25) is 0 Å². The summed E-state index contributed by atoms with van der Waals surface area (Å²) in [4.78, 5) is 0. The van der Waals surface area contributed by atoms with Crippen LogP contribution in [0.5, 0.6) is 0 Å². The normalized spacial score (nSPS) is 17.2. The van der Waals surface area contributed by atoms with Gasteiger partial charge in [-0.05, 0) is 30.4 Å². The highest BCUT2D eigenvalue weighted by atomic mass is 16.3. The zero-order chi connectivity index (χ0) is 12.3. The second-order valence-corrected chi connectivity index (χ2v) is 4.93. The maximum Gasteiger partial charge on any atom is 0.107 e. The van der Waals surface area contributed by atoms with Gasteiger partial charge in [0.2, 0.25) is 0 Å². The SMILES string of the molecule is CCC(C)(O)C(O)c1ccc(C(C)C)cc1. The molecule has 2 unspecified atom stereocenters. The molecule has 0 saturated carbocycles. The molecule has 2 nitrogen and oxygen atoms in total. The van der Waals surface area contributed by atoms with E-state index in [0.717, 1.165) is 5.56 Å². The largest absolute Gasteiger partial charge is 0.387 e. The molecule has 1 aromatic carbocycles. The van der Waals surface area contributed by atoms with Gasteiger partial charge < -0.3 is 10.2 Å². The van der Waals surface area contributed by atoms with E-state index >= 15 is 0 Å². The Labute approximate surface area is 97.9 Å². The standard InChI is InChI=1S/C14H22O2/c1-5-14(4,16)13(15)12-8-6-11(7-9-12)10(2)3/h6-10,13,15-16H,5H2,1-4H3. The van der Waals surface area contributed by atoms with Crippen LogP contribution in [0.15, 0.2) is 24.3 Å². The van der Waals surface area contributed by atoms with E-state index in [1.54, 1.807) is 6.92 Å². The summed E-state index contributed by atoms with van der Waals surface area (Å²) in [5.41, 5.74) is 0.961. The Balaban J connectivity index is 2.90. The Bertz CT molecular complexity index is 325. The van der Waals surface area contributed by atoms with Gasteiger partial charge in [-0.2, -0.15) is 0 Å². The lowest BCUT2D eigenvalue weighted by atomic mass is 9.89. The van der Waals surface area contributed by atoms with Gasteiger partial charge >= 0.3 is 0 Å². The van der Waals surface area contributed by atoms with Crippen LogP contribution in [-0.2, 0) is 0 Å². The minimum absolute atomic E-state index is 0.484. The molecule has 0 aliphatic carbocycles. The molecule has 90 valence electrons. The van der Waals surface area contributed by atoms with Crippen molar-refractivity contribution < 1.29 is 10.2 Å². The fraction of sp³-hybridized carbons (Fsp3) is 0.571. The van der Waals surface area contributed by atoms with Gasteiger partial charge in [0.15, 0.2) is 0 Å². The number of hydrogen-bond donors (Lipinski definition) is 2. The molecule has 1 aromatic rings. The Morgan fingerprint density at radius 1 is 1.12 bits per heavy atom. The summed E-state index contributed by atoms with van der Waals surface area (Å²) in [5.74, 6) is 0.484. The minimum Gasteiger partial charge on any atom is -0.387 e. The molecule has 2 atom stereocenters. The maximum absolute atomic E-state index is 10.0. The summed E-state index contributed by atoms with van der Waals surface area (Å²) in [6.45, 7) is 7.79. The van der Waals surface area contributed by atoms with Crippen LogP contribution in [0, 0.1) is 0 Å². The molecule has 0 aromatic heterocycles. The van der Waals surface area contributed by atoms with E-state index in [-0.39, 0.29) is 0 Å². The van der Waals surface area contributed by atoms with Gasteiger partial charge in [-0.25, -0.2) is 0 Å². The first kappa shape index (κ1) is 13.2. The molecule has 16 heavy (non-hydrogen) atoms. The van der Waals surface area contributed by atoms with Gasteiger partial charge in [-0.15, -0.1) is 0 Å². The van der Waals surface area contributed by atoms with Gasteiger partial charge in [-0.1, -0.05) is 45.0 Å². The van der Waals surface area contributed by atoms with Crippen LogP contribution in [0.4, 0.5) is 0 Å². The van der Waals surface area contributed by atoms with Gasteiger partial charge in [-0.3, -0.25) is 0 Å². The third kappa shape index (κ3) is 2.83. The minimum atomic E-state index is -1.06. The first-order chi connectivity index (χ1) is 7.38. The number of aliphatic hydroxyl groups is 2. The summed E-state index contributed by atoms with van der Waals surface area (Å²) >= 11 is 0. The third-order valence-corrected chi connectivity index (χ3v) is 3.22. The summed E-state index contributed by atoms with van der Waals surface area (Å²) in [6, 6.07) is 7.80. The van der Waals surface area contributed by atoms with Crippen molar-refractivity contribution in [1.29, 1.82) is 0 Å². The van der Waals surface area contributed by atoms with E-state index in [2.05, 4.69) is 13.8 Å². The number of aliphatic hydroxyl groups excluding tert-OH is 1. The summed E-state index contributed by atoms with van der Waals surface area (Å²) in [5, 5.41) is 20.0. The monoisotopic (exact) mass is 222 g/mol. The molecule has 0 heterocycles. The number of hydrogen-bond acceptors (Lipinski definition) is 2. The maximum atomic E-state index is 10.0. The first-order valence-electron chi connectivity index (χ1n) is 5.88. The first-order valence-corrected chi connectivity index (χ1v) is 5.88. The number of rotatable bonds is 4. The lowest BCUT2D eigenvalue weighted by molar-refractivity contribution is -0.0658. The Morgan fingerprint density at radius 2 is 1.56 bits per heavy atom. The van der Waals surface area contributed by atoms with Gasteiger partial charge in [0.1, 0.15) is 6.10 Å². The zero-order valence-corrected chi connectivity index (χ0v) is 10.6. The highest BCUT2D eigenvalue weighted by Crippen LogP contribution is 2.29. The van der Waals surface area contributed by atoms with Crippen LogP contribution < -0.4 is 0 Å². The smallest absolute Gasteiger partial charge is 0.107 e. The second kappa shape index (κ2) is 4.98. The highest BCUT2D eigenvalue weighted by molar-refractivity contribution is 5.27. The predicted octanol–water partition coefficient (Wildman–Crippen LogP) is 3.00. The molecule has 0 spiro atoms. The molecule has 0 saturated heterocycles. The summed E-state index contributed by atoms with van der Waals surface area (Å²) in [7, 11) is 0. The Kier molecular flexibility index (Phi) is 4.11. The third-order valence-electron chi connectivity index (χ3n) is 3.22. The average molecular weight is 222 g/mol. The van der Waals surface area contributed by atoms with Crippen LogP contribution in [0.25, 0.3) is 0 Å². The van der Waals surface area contributed by atoms with Crippen molar-refractivity contribution in [2.75, 3.05) is 0 Å². The molecule has 0 radical (unpaired) electrons. The van der Waals surface area contributed by atoms with E-state index in [9.17, 15) is 10.2 Å². The van der Waals surface area contributed by atoms with Crippen LogP contribution in [-0.4, -0.2) is 15.8 Å². The lowest BCUT2D eigenvalue weighted by Crippen LogP contribution is -2.31. The van der Waals surface area contributed by atoms with Crippen LogP contribution >= 0.6 is 0 Å². The van der Waals surface area contributed by atoms with Crippen molar-refractivity contribution >= 4 is 0 Å². The molecule has 1 rings (SSSR count). The Hall–Kier alpha value is -0.860. The molecule has 0 bridgehead atoms. The van der Waals surface area contributed by atoms with E-state index < -0.39 is 11.7 Å². The highest BCUT2D eigenvalue weighted by Gasteiger charge is 2.29. The van der Waals surface area contributed by atoms with Gasteiger partial charge in [0.25, 0.3) is 0 Å². The molecule has 0 aliphatic heterocycles. The Morgan fingerprint density at radius 3 is 1.94 bits per heavy atom. The molecule has 0 fully saturated rings. The van der Waals surface area contributed by atoms with Crippen LogP contribution in [0.3, 0.4) is 0 Å². The molecular weight excluding hydrogens is 200 g/mol. The van der Waals surface area contributed by atoms with E-state index in [4.69, 9.17) is 0 Å². The van der Waals surface area contributed by atoms with E-state index in [1.807, 2.05) is 31.2 Å². The molecule has 0 aliphatic rings. The lowest BCUT2D eigenvalue weighted by Gasteiger charge is -2.28. The number of benzene rings is 1. The molecule has 0 amide bonds. The van der Waals surface area contributed by atoms with Crippen molar-refractivity contribution in [2.24, 2.45) is 0 Å². The van der Waals surface area contributed by atoms with E-state index in [0.29, 0.717) is 12.3 Å². The van der Waals surface area contributed by atoms with Crippen molar-refractivity contribution in [3.05, 3.63) is 35.4 Å². The van der Waals surface area contributed by atoms with Gasteiger partial charge in [0.05, 0.1) is 5.60 Å². The average Bonchev–Trinajstić information content (AvgIpc) is 2.28. The topological polar surface area (TPSA) is 40.5 Å². The van der Waals surface area contributed by atoms with Crippen molar-refractivity contribution in [2.45, 2.75) is 51.7 Å². The quantitative estimate of drug-likeness (QED) is 0.822. The van der Waals surface area contributed by atoms with Crippen LogP contribution in [0.1, 0.15) is 57.3 Å². The van der Waals surface area contributed by atoms with Gasteiger partial charge in [0, 0.05) is 0 Å². The van der Waals surface area contributed by atoms with Crippen molar-refractivity contribution in [3.63, 3.8) is 0 Å². The fourth-order valence-corrected chi connectivity index (χ4v) is 1.62. The molecule has 2 N–H and O–H groups in total. The zero-order valence-electron chi connectivity index (χ0n) is 10.6. The summed E-state index contributed by atoms with van der Waals surface area (Å²) < 4.78 is 0.